The summed E-state index contributed by atoms with van der Waals surface area (Å²) >= 11 is 0. The molecule has 0 saturated carbocycles. The standard InChI is InChI=1S/C15H22N2O3/c18-15(14-2-1-8-20-14)16-10-12-3-6-17(7-4-12)13-5-9-19-11-13/h1-2,8,12-13H,3-7,9-11H2,(H,16,18)/t13-/m1/s1. The number of furan rings is 1. The zero-order valence-corrected chi connectivity index (χ0v) is 11.7. The lowest BCUT2D eigenvalue weighted by molar-refractivity contribution is 0.0886. The van der Waals surface area contributed by atoms with Crippen LogP contribution < -0.4 is 5.32 Å². The normalized spacial score (nSPS) is 24.9. The highest BCUT2D eigenvalue weighted by atomic mass is 16.5. The molecule has 1 amide bonds. The van der Waals surface area contributed by atoms with Crippen molar-refractivity contribution in [3.8, 4) is 0 Å². The average molecular weight is 278 g/mol. The smallest absolute Gasteiger partial charge is 0.286 e. The number of hydrogen-bond donors (Lipinski definition) is 1. The fourth-order valence-electron chi connectivity index (χ4n) is 3.06. The van der Waals surface area contributed by atoms with Gasteiger partial charge in [-0.2, -0.15) is 0 Å². The number of amides is 1. The monoisotopic (exact) mass is 278 g/mol. The van der Waals surface area contributed by atoms with Crippen molar-refractivity contribution in [2.24, 2.45) is 5.92 Å². The second-order valence-corrected chi connectivity index (χ2v) is 5.68. The van der Waals surface area contributed by atoms with Crippen LogP contribution in [0, 0.1) is 5.92 Å². The quantitative estimate of drug-likeness (QED) is 0.907. The van der Waals surface area contributed by atoms with Gasteiger partial charge in [0.25, 0.3) is 5.91 Å². The number of ether oxygens (including phenoxy) is 1. The fourth-order valence-corrected chi connectivity index (χ4v) is 3.06. The molecular weight excluding hydrogens is 256 g/mol. The van der Waals surface area contributed by atoms with Crippen molar-refractivity contribution < 1.29 is 13.9 Å². The highest BCUT2D eigenvalue weighted by molar-refractivity contribution is 5.91. The van der Waals surface area contributed by atoms with Crippen LogP contribution >= 0.6 is 0 Å². The van der Waals surface area contributed by atoms with Gasteiger partial charge >= 0.3 is 0 Å². The number of rotatable bonds is 4. The number of nitrogens with one attached hydrogen (secondary N) is 1. The van der Waals surface area contributed by atoms with Gasteiger partial charge in [-0.3, -0.25) is 9.69 Å². The fraction of sp³-hybridized carbons (Fsp3) is 0.667. The minimum Gasteiger partial charge on any atom is -0.459 e. The van der Waals surface area contributed by atoms with Gasteiger partial charge < -0.3 is 14.5 Å². The maximum absolute atomic E-state index is 11.8. The van der Waals surface area contributed by atoms with Crippen molar-refractivity contribution in [1.29, 1.82) is 0 Å². The Hall–Kier alpha value is -1.33. The Morgan fingerprint density at radius 2 is 2.20 bits per heavy atom. The summed E-state index contributed by atoms with van der Waals surface area (Å²) in [6.45, 7) is 4.78. The molecule has 110 valence electrons. The minimum absolute atomic E-state index is 0.110. The van der Waals surface area contributed by atoms with E-state index in [-0.39, 0.29) is 5.91 Å². The molecule has 20 heavy (non-hydrogen) atoms. The predicted octanol–water partition coefficient (Wildman–Crippen LogP) is 1.51. The summed E-state index contributed by atoms with van der Waals surface area (Å²) in [7, 11) is 0. The van der Waals surface area contributed by atoms with Gasteiger partial charge in [-0.05, 0) is 50.4 Å². The summed E-state index contributed by atoms with van der Waals surface area (Å²) < 4.78 is 10.5. The summed E-state index contributed by atoms with van der Waals surface area (Å²) in [6.07, 6.45) is 4.99. The van der Waals surface area contributed by atoms with Crippen LogP contribution in [0.3, 0.4) is 0 Å². The van der Waals surface area contributed by atoms with E-state index in [1.807, 2.05) is 0 Å². The van der Waals surface area contributed by atoms with Gasteiger partial charge in [0.1, 0.15) is 0 Å². The second kappa shape index (κ2) is 6.41. The van der Waals surface area contributed by atoms with E-state index < -0.39 is 0 Å². The van der Waals surface area contributed by atoms with Crippen LogP contribution in [0.25, 0.3) is 0 Å². The Morgan fingerprint density at radius 3 is 2.85 bits per heavy atom. The average Bonchev–Trinajstić information content (AvgIpc) is 3.18. The molecule has 2 saturated heterocycles. The first-order chi connectivity index (χ1) is 9.83. The number of piperidine rings is 1. The summed E-state index contributed by atoms with van der Waals surface area (Å²) in [5.74, 6) is 0.861. The number of nitrogens with zero attached hydrogens (tertiary/aromatic N) is 1. The molecule has 5 nitrogen and oxygen atoms in total. The number of likely N-dealkylation sites (tertiary alicyclic amines) is 1. The van der Waals surface area contributed by atoms with Crippen molar-refractivity contribution in [2.45, 2.75) is 25.3 Å². The molecule has 1 aromatic rings. The molecule has 0 bridgehead atoms. The molecule has 1 aromatic heterocycles. The van der Waals surface area contributed by atoms with Gasteiger partial charge in [0, 0.05) is 19.2 Å². The van der Waals surface area contributed by atoms with Gasteiger partial charge in [0.05, 0.1) is 12.9 Å². The number of hydrogen-bond acceptors (Lipinski definition) is 4. The molecule has 0 unspecified atom stereocenters. The summed E-state index contributed by atoms with van der Waals surface area (Å²) in [5.41, 5.74) is 0. The zero-order valence-electron chi connectivity index (χ0n) is 11.7. The van der Waals surface area contributed by atoms with Gasteiger partial charge in [-0.25, -0.2) is 0 Å². The Morgan fingerprint density at radius 1 is 1.35 bits per heavy atom. The molecule has 1 atom stereocenters. The van der Waals surface area contributed by atoms with E-state index >= 15 is 0 Å². The van der Waals surface area contributed by atoms with Crippen LogP contribution in [-0.4, -0.2) is 49.7 Å². The third kappa shape index (κ3) is 3.22. The second-order valence-electron chi connectivity index (χ2n) is 5.68. The van der Waals surface area contributed by atoms with Crippen LogP contribution in [0.2, 0.25) is 0 Å². The third-order valence-electron chi connectivity index (χ3n) is 4.37. The van der Waals surface area contributed by atoms with E-state index in [4.69, 9.17) is 9.15 Å². The van der Waals surface area contributed by atoms with Crippen LogP contribution in [0.5, 0.6) is 0 Å². The zero-order chi connectivity index (χ0) is 13.8. The van der Waals surface area contributed by atoms with E-state index in [9.17, 15) is 4.79 Å². The van der Waals surface area contributed by atoms with Crippen molar-refractivity contribution >= 4 is 5.91 Å². The lowest BCUT2D eigenvalue weighted by Crippen LogP contribution is -2.43. The van der Waals surface area contributed by atoms with Crippen LogP contribution in [0.4, 0.5) is 0 Å². The topological polar surface area (TPSA) is 54.7 Å². The first-order valence-electron chi connectivity index (χ1n) is 7.46. The molecule has 5 heteroatoms. The molecule has 3 heterocycles. The van der Waals surface area contributed by atoms with E-state index in [1.54, 1.807) is 12.1 Å². The van der Waals surface area contributed by atoms with Crippen LogP contribution in [-0.2, 0) is 4.74 Å². The van der Waals surface area contributed by atoms with Crippen molar-refractivity contribution in [2.75, 3.05) is 32.8 Å². The van der Waals surface area contributed by atoms with E-state index in [1.165, 1.54) is 12.7 Å². The molecule has 2 aliphatic heterocycles. The summed E-state index contributed by atoms with van der Waals surface area (Å²) in [4.78, 5) is 14.3. The summed E-state index contributed by atoms with van der Waals surface area (Å²) in [5, 5.41) is 2.96. The molecule has 0 spiro atoms. The Balaban J connectivity index is 1.39. The molecule has 1 N–H and O–H groups in total. The highest BCUT2D eigenvalue weighted by Gasteiger charge is 2.27. The third-order valence-corrected chi connectivity index (χ3v) is 4.37. The van der Waals surface area contributed by atoms with E-state index in [2.05, 4.69) is 10.2 Å². The van der Waals surface area contributed by atoms with E-state index in [0.717, 1.165) is 45.7 Å². The molecule has 0 aromatic carbocycles. The van der Waals surface area contributed by atoms with Crippen molar-refractivity contribution in [3.05, 3.63) is 24.2 Å². The number of carbonyl (C=O) groups is 1. The molecule has 2 aliphatic rings. The van der Waals surface area contributed by atoms with Gasteiger partial charge in [-0.15, -0.1) is 0 Å². The lowest BCUT2D eigenvalue weighted by atomic mass is 9.95. The van der Waals surface area contributed by atoms with Gasteiger partial charge in [0.15, 0.2) is 5.76 Å². The van der Waals surface area contributed by atoms with Crippen molar-refractivity contribution in [1.82, 2.24) is 10.2 Å². The SMILES string of the molecule is O=C(NCC1CCN([C@@H]2CCOC2)CC1)c1ccco1. The Bertz CT molecular complexity index is 418. The predicted molar refractivity (Wildman–Crippen MR) is 74.6 cm³/mol. The Labute approximate surface area is 119 Å². The number of carbonyl (C=O) groups excluding carboxylic acids is 1. The minimum atomic E-state index is -0.110. The lowest BCUT2D eigenvalue weighted by Gasteiger charge is -2.35. The summed E-state index contributed by atoms with van der Waals surface area (Å²) in [6, 6.07) is 4.04. The maximum Gasteiger partial charge on any atom is 0.286 e. The molecular formula is C15H22N2O3. The molecule has 3 rings (SSSR count). The first kappa shape index (κ1) is 13.6. The molecule has 0 aliphatic carbocycles. The molecule has 0 radical (unpaired) electrons. The maximum atomic E-state index is 11.8. The molecule has 2 fully saturated rings. The van der Waals surface area contributed by atoms with E-state index in [0.29, 0.717) is 17.7 Å². The van der Waals surface area contributed by atoms with Crippen LogP contribution in [0.15, 0.2) is 22.8 Å². The van der Waals surface area contributed by atoms with Crippen molar-refractivity contribution in [3.63, 3.8) is 0 Å². The largest absolute Gasteiger partial charge is 0.459 e. The first-order valence-corrected chi connectivity index (χ1v) is 7.46. The highest BCUT2D eigenvalue weighted by Crippen LogP contribution is 2.21. The van der Waals surface area contributed by atoms with Gasteiger partial charge in [0.2, 0.25) is 0 Å². The Kier molecular flexibility index (Phi) is 4.38. The van der Waals surface area contributed by atoms with Crippen LogP contribution in [0.1, 0.15) is 29.8 Å². The van der Waals surface area contributed by atoms with Gasteiger partial charge in [-0.1, -0.05) is 0 Å².